The van der Waals surface area contributed by atoms with Gasteiger partial charge in [0.1, 0.15) is 0 Å². The van der Waals surface area contributed by atoms with Gasteiger partial charge >= 0.3 is 0 Å². The lowest BCUT2D eigenvalue weighted by atomic mass is 10.0. The number of aliphatic hydroxyl groups is 2. The molecule has 3 rings (SSSR count). The van der Waals surface area contributed by atoms with Gasteiger partial charge in [-0.3, -0.25) is 9.80 Å². The van der Waals surface area contributed by atoms with Crippen LogP contribution in [-0.2, 0) is 13.1 Å². The fraction of sp³-hybridized carbons (Fsp3) is 0.357. The summed E-state index contributed by atoms with van der Waals surface area (Å²) >= 11 is 0. The van der Waals surface area contributed by atoms with Gasteiger partial charge in [0.2, 0.25) is 0 Å². The largest absolute Gasteiger partial charge is 0.387 e. The third kappa shape index (κ3) is 6.27. The Morgan fingerprint density at radius 2 is 0.969 bits per heavy atom. The van der Waals surface area contributed by atoms with E-state index in [1.165, 1.54) is 11.1 Å². The predicted octanol–water partition coefficient (Wildman–Crippen LogP) is 4.79. The maximum atomic E-state index is 10.7. The Morgan fingerprint density at radius 1 is 0.594 bits per heavy atom. The van der Waals surface area contributed by atoms with Gasteiger partial charge in [0.15, 0.2) is 0 Å². The number of benzene rings is 3. The first-order valence-corrected chi connectivity index (χ1v) is 11.3. The Kier molecular flexibility index (Phi) is 8.60. The first-order valence-electron chi connectivity index (χ1n) is 11.3. The number of likely N-dealkylation sites (N-methyl/N-ethyl adjacent to an activating group) is 2. The van der Waals surface area contributed by atoms with E-state index in [2.05, 4.69) is 47.9 Å². The van der Waals surface area contributed by atoms with E-state index in [1.807, 2.05) is 74.8 Å². The summed E-state index contributed by atoms with van der Waals surface area (Å²) in [7, 11) is 4.10. The van der Waals surface area contributed by atoms with Gasteiger partial charge in [-0.25, -0.2) is 0 Å². The molecule has 3 aromatic rings. The van der Waals surface area contributed by atoms with Crippen LogP contribution in [0.1, 0.15) is 48.3 Å². The molecule has 0 aliphatic carbocycles. The average molecular weight is 433 g/mol. The van der Waals surface area contributed by atoms with E-state index in [0.29, 0.717) is 0 Å². The van der Waals surface area contributed by atoms with Crippen LogP contribution in [0.2, 0.25) is 0 Å². The minimum Gasteiger partial charge on any atom is -0.387 e. The second-order valence-electron chi connectivity index (χ2n) is 8.84. The molecule has 4 atom stereocenters. The van der Waals surface area contributed by atoms with Crippen molar-refractivity contribution in [2.45, 2.75) is 51.2 Å². The Labute approximate surface area is 192 Å². The summed E-state index contributed by atoms with van der Waals surface area (Å²) in [6.45, 7) is 5.62. The second kappa shape index (κ2) is 11.4. The van der Waals surface area contributed by atoms with Gasteiger partial charge in [-0.1, -0.05) is 84.9 Å². The molecular formula is C28H36N2O2. The molecule has 0 radical (unpaired) electrons. The van der Waals surface area contributed by atoms with Crippen molar-refractivity contribution in [3.8, 4) is 0 Å². The number of nitrogens with zero attached hydrogens (tertiary/aromatic N) is 2. The minimum atomic E-state index is -0.532. The molecule has 0 spiro atoms. The maximum Gasteiger partial charge on any atom is 0.0942 e. The van der Waals surface area contributed by atoms with Crippen LogP contribution in [-0.4, -0.2) is 46.2 Å². The van der Waals surface area contributed by atoms with Crippen LogP contribution < -0.4 is 0 Å². The molecule has 2 N–H and O–H groups in total. The summed E-state index contributed by atoms with van der Waals surface area (Å²) in [5, 5.41) is 21.5. The molecule has 4 heteroatoms. The highest BCUT2D eigenvalue weighted by Gasteiger charge is 2.22. The zero-order chi connectivity index (χ0) is 23.1. The molecule has 32 heavy (non-hydrogen) atoms. The van der Waals surface area contributed by atoms with E-state index >= 15 is 0 Å². The molecule has 0 saturated carbocycles. The number of aliphatic hydroxyl groups excluding tert-OH is 2. The van der Waals surface area contributed by atoms with Crippen molar-refractivity contribution >= 4 is 0 Å². The molecule has 0 fully saturated rings. The van der Waals surface area contributed by atoms with Crippen LogP contribution >= 0.6 is 0 Å². The van der Waals surface area contributed by atoms with Gasteiger partial charge in [0.25, 0.3) is 0 Å². The lowest BCUT2D eigenvalue weighted by Gasteiger charge is -2.30. The van der Waals surface area contributed by atoms with Crippen LogP contribution in [0.5, 0.6) is 0 Å². The van der Waals surface area contributed by atoms with Crippen molar-refractivity contribution in [2.24, 2.45) is 0 Å². The van der Waals surface area contributed by atoms with E-state index in [0.717, 1.165) is 24.2 Å². The van der Waals surface area contributed by atoms with Crippen molar-refractivity contribution in [2.75, 3.05) is 14.1 Å². The van der Waals surface area contributed by atoms with Gasteiger partial charge in [-0.15, -0.1) is 0 Å². The molecule has 0 bridgehead atoms. The topological polar surface area (TPSA) is 46.9 Å². The molecule has 0 amide bonds. The van der Waals surface area contributed by atoms with Crippen LogP contribution in [0.15, 0.2) is 84.9 Å². The zero-order valence-electron chi connectivity index (χ0n) is 19.6. The fourth-order valence-electron chi connectivity index (χ4n) is 4.03. The first kappa shape index (κ1) is 24.1. The average Bonchev–Trinajstić information content (AvgIpc) is 2.83. The summed E-state index contributed by atoms with van der Waals surface area (Å²) < 4.78 is 0. The summed E-state index contributed by atoms with van der Waals surface area (Å²) in [5.41, 5.74) is 4.30. The van der Waals surface area contributed by atoms with Gasteiger partial charge in [0, 0.05) is 25.2 Å². The lowest BCUT2D eigenvalue weighted by molar-refractivity contribution is 0.0680. The molecule has 170 valence electrons. The molecule has 3 aromatic carbocycles. The van der Waals surface area contributed by atoms with Gasteiger partial charge in [-0.2, -0.15) is 0 Å². The number of hydrogen-bond acceptors (Lipinski definition) is 4. The van der Waals surface area contributed by atoms with Crippen LogP contribution in [0, 0.1) is 0 Å². The Balaban J connectivity index is 1.61. The number of hydrogen-bond donors (Lipinski definition) is 2. The Hall–Kier alpha value is -2.50. The molecule has 4 nitrogen and oxygen atoms in total. The van der Waals surface area contributed by atoms with E-state index in [-0.39, 0.29) is 12.1 Å². The summed E-state index contributed by atoms with van der Waals surface area (Å²) in [6, 6.07) is 28.2. The monoisotopic (exact) mass is 432 g/mol. The van der Waals surface area contributed by atoms with Crippen LogP contribution in [0.25, 0.3) is 0 Å². The smallest absolute Gasteiger partial charge is 0.0942 e. The van der Waals surface area contributed by atoms with Crippen LogP contribution in [0.3, 0.4) is 0 Å². The van der Waals surface area contributed by atoms with Crippen molar-refractivity contribution in [1.29, 1.82) is 0 Å². The quantitative estimate of drug-likeness (QED) is 0.483. The van der Waals surface area contributed by atoms with Crippen molar-refractivity contribution < 1.29 is 10.2 Å². The predicted molar refractivity (Wildman–Crippen MR) is 131 cm³/mol. The third-order valence-corrected chi connectivity index (χ3v) is 6.44. The second-order valence-corrected chi connectivity index (χ2v) is 8.84. The third-order valence-electron chi connectivity index (χ3n) is 6.44. The van der Waals surface area contributed by atoms with Gasteiger partial charge in [-0.05, 0) is 50.2 Å². The molecule has 0 aromatic heterocycles. The standard InChI is InChI=1S/C28H36N2O2/c1-21(27(31)25-14-7-5-8-15-25)29(3)19-23-12-11-13-24(18-23)20-30(4)22(2)28(32)26-16-9-6-10-17-26/h5-18,21-22,27-28,31-32H,19-20H2,1-4H3/t21-,22-,27-,28-/m1/s1. The van der Waals surface area contributed by atoms with Crippen LogP contribution in [0.4, 0.5) is 0 Å². The van der Waals surface area contributed by atoms with E-state index in [1.54, 1.807) is 0 Å². The van der Waals surface area contributed by atoms with E-state index in [4.69, 9.17) is 0 Å². The molecule has 0 aliphatic heterocycles. The SMILES string of the molecule is C[C@H]([C@@H](O)c1ccccc1)N(C)Cc1cccc(CN(C)[C@H](C)[C@@H](O)c2ccccc2)c1. The van der Waals surface area contributed by atoms with Crippen molar-refractivity contribution in [3.63, 3.8) is 0 Å². The highest BCUT2D eigenvalue weighted by Crippen LogP contribution is 2.23. The van der Waals surface area contributed by atoms with Crippen molar-refractivity contribution in [3.05, 3.63) is 107 Å². The van der Waals surface area contributed by atoms with Gasteiger partial charge < -0.3 is 10.2 Å². The molecular weight excluding hydrogens is 396 g/mol. The fourth-order valence-corrected chi connectivity index (χ4v) is 4.03. The Morgan fingerprint density at radius 3 is 1.34 bits per heavy atom. The highest BCUT2D eigenvalue weighted by molar-refractivity contribution is 5.25. The molecule has 0 aliphatic rings. The van der Waals surface area contributed by atoms with E-state index in [9.17, 15) is 10.2 Å². The normalized spacial score (nSPS) is 15.5. The summed E-state index contributed by atoms with van der Waals surface area (Å²) in [6.07, 6.45) is -1.06. The summed E-state index contributed by atoms with van der Waals surface area (Å²) in [4.78, 5) is 4.37. The summed E-state index contributed by atoms with van der Waals surface area (Å²) in [5.74, 6) is 0. The number of rotatable bonds is 10. The Bertz CT molecular complexity index is 873. The maximum absolute atomic E-state index is 10.7. The molecule has 0 saturated heterocycles. The molecule has 0 heterocycles. The zero-order valence-corrected chi connectivity index (χ0v) is 19.6. The molecule has 0 unspecified atom stereocenters. The first-order chi connectivity index (χ1) is 15.4. The van der Waals surface area contributed by atoms with E-state index < -0.39 is 12.2 Å². The minimum absolute atomic E-state index is 0.00947. The highest BCUT2D eigenvalue weighted by atomic mass is 16.3. The lowest BCUT2D eigenvalue weighted by Crippen LogP contribution is -2.34. The van der Waals surface area contributed by atoms with Gasteiger partial charge in [0.05, 0.1) is 12.2 Å². The van der Waals surface area contributed by atoms with Crippen molar-refractivity contribution in [1.82, 2.24) is 9.80 Å².